The molecule has 0 unspecified atom stereocenters. The predicted molar refractivity (Wildman–Crippen MR) is 104 cm³/mol. The summed E-state index contributed by atoms with van der Waals surface area (Å²) >= 11 is 1.52. The van der Waals surface area contributed by atoms with Crippen molar-refractivity contribution in [1.82, 2.24) is 0 Å². The van der Waals surface area contributed by atoms with Crippen LogP contribution in [0.1, 0.15) is 6.42 Å². The molecule has 1 heterocycles. The highest BCUT2D eigenvalue weighted by molar-refractivity contribution is 7.98. The molecule has 1 N–H and O–H groups in total. The molecule has 5 nitrogen and oxygen atoms in total. The number of carbonyl (C=O) groups is 2. The molecule has 2 aromatic carbocycles. The fourth-order valence-corrected chi connectivity index (χ4v) is 3.45. The SMILES string of the molecule is CSc1ccccc1N1C(=O)C[C@H](Nc2ccc(N(C)C)cc2)C1=O. The summed E-state index contributed by atoms with van der Waals surface area (Å²) in [5.74, 6) is -0.378. The first kappa shape index (κ1) is 17.4. The zero-order chi connectivity index (χ0) is 18.0. The Hall–Kier alpha value is -2.47. The number of para-hydroxylation sites is 1. The van der Waals surface area contributed by atoms with Crippen molar-refractivity contribution in [3.8, 4) is 0 Å². The average Bonchev–Trinajstić information content (AvgIpc) is 2.89. The van der Waals surface area contributed by atoms with Gasteiger partial charge in [-0.3, -0.25) is 9.59 Å². The van der Waals surface area contributed by atoms with Crippen LogP contribution in [0.4, 0.5) is 17.1 Å². The monoisotopic (exact) mass is 355 g/mol. The van der Waals surface area contributed by atoms with E-state index in [-0.39, 0.29) is 18.2 Å². The summed E-state index contributed by atoms with van der Waals surface area (Å²) in [7, 11) is 3.95. The molecule has 130 valence electrons. The van der Waals surface area contributed by atoms with Gasteiger partial charge in [-0.1, -0.05) is 12.1 Å². The van der Waals surface area contributed by atoms with Crippen molar-refractivity contribution < 1.29 is 9.59 Å². The Balaban J connectivity index is 1.79. The van der Waals surface area contributed by atoms with Crippen LogP contribution >= 0.6 is 11.8 Å². The van der Waals surface area contributed by atoms with E-state index in [2.05, 4.69) is 5.32 Å². The molecule has 0 bridgehead atoms. The van der Waals surface area contributed by atoms with Crippen LogP contribution in [0.3, 0.4) is 0 Å². The lowest BCUT2D eigenvalue weighted by atomic mass is 10.2. The first-order valence-corrected chi connectivity index (χ1v) is 9.27. The molecule has 25 heavy (non-hydrogen) atoms. The lowest BCUT2D eigenvalue weighted by Crippen LogP contribution is -2.35. The van der Waals surface area contributed by atoms with Crippen LogP contribution in [0.15, 0.2) is 53.4 Å². The van der Waals surface area contributed by atoms with Gasteiger partial charge in [0, 0.05) is 30.4 Å². The molecule has 1 fully saturated rings. The first-order valence-electron chi connectivity index (χ1n) is 8.05. The molecule has 1 aliphatic rings. The molecular formula is C19H21N3O2S. The normalized spacial score (nSPS) is 17.1. The molecule has 0 saturated carbocycles. The van der Waals surface area contributed by atoms with Crippen LogP contribution in [0.5, 0.6) is 0 Å². The maximum Gasteiger partial charge on any atom is 0.256 e. The van der Waals surface area contributed by atoms with E-state index in [1.807, 2.05) is 73.8 Å². The number of nitrogens with one attached hydrogen (secondary N) is 1. The fourth-order valence-electron chi connectivity index (χ4n) is 2.87. The molecule has 0 spiro atoms. The Bertz CT molecular complexity index is 790. The number of hydrogen-bond donors (Lipinski definition) is 1. The summed E-state index contributed by atoms with van der Waals surface area (Å²) in [4.78, 5) is 29.5. The van der Waals surface area contributed by atoms with Crippen LogP contribution in [-0.2, 0) is 9.59 Å². The van der Waals surface area contributed by atoms with Crippen molar-refractivity contribution in [2.45, 2.75) is 17.4 Å². The largest absolute Gasteiger partial charge is 0.378 e. The van der Waals surface area contributed by atoms with Gasteiger partial charge in [-0.15, -0.1) is 11.8 Å². The lowest BCUT2D eigenvalue weighted by Gasteiger charge is -2.19. The number of carbonyl (C=O) groups excluding carboxylic acids is 2. The van der Waals surface area contributed by atoms with Crippen molar-refractivity contribution in [1.29, 1.82) is 0 Å². The standard InChI is InChI=1S/C19H21N3O2S/c1-21(2)14-10-8-13(9-11-14)20-15-12-18(23)22(19(15)24)16-6-4-5-7-17(16)25-3/h4-11,15,20H,12H2,1-3H3/t15-/m0/s1. The number of benzene rings is 2. The molecule has 6 heteroatoms. The molecule has 2 aromatic rings. The van der Waals surface area contributed by atoms with Gasteiger partial charge in [-0.2, -0.15) is 0 Å². The van der Waals surface area contributed by atoms with Crippen molar-refractivity contribution in [3.63, 3.8) is 0 Å². The van der Waals surface area contributed by atoms with Gasteiger partial charge in [-0.05, 0) is 42.7 Å². The first-order chi connectivity index (χ1) is 12.0. The van der Waals surface area contributed by atoms with Crippen LogP contribution in [-0.4, -0.2) is 38.2 Å². The van der Waals surface area contributed by atoms with Gasteiger partial charge < -0.3 is 10.2 Å². The number of nitrogens with zero attached hydrogens (tertiary/aromatic N) is 2. The molecule has 3 rings (SSSR count). The van der Waals surface area contributed by atoms with E-state index >= 15 is 0 Å². The van der Waals surface area contributed by atoms with Gasteiger partial charge in [0.25, 0.3) is 5.91 Å². The quantitative estimate of drug-likeness (QED) is 0.659. The van der Waals surface area contributed by atoms with Crippen LogP contribution < -0.4 is 15.1 Å². The fraction of sp³-hybridized carbons (Fsp3) is 0.263. The molecule has 1 aliphatic heterocycles. The van der Waals surface area contributed by atoms with E-state index in [1.165, 1.54) is 16.7 Å². The molecule has 1 atom stereocenters. The van der Waals surface area contributed by atoms with Crippen molar-refractivity contribution in [3.05, 3.63) is 48.5 Å². The van der Waals surface area contributed by atoms with Crippen LogP contribution in [0, 0.1) is 0 Å². The second-order valence-corrected chi connectivity index (χ2v) is 6.93. The number of hydrogen-bond acceptors (Lipinski definition) is 5. The number of thioether (sulfide) groups is 1. The Morgan fingerprint density at radius 1 is 1.08 bits per heavy atom. The molecule has 2 amide bonds. The highest BCUT2D eigenvalue weighted by Crippen LogP contribution is 2.32. The molecule has 0 aromatic heterocycles. The van der Waals surface area contributed by atoms with Gasteiger partial charge in [-0.25, -0.2) is 4.90 Å². The number of rotatable bonds is 5. The van der Waals surface area contributed by atoms with Crippen molar-refractivity contribution in [2.75, 3.05) is 35.5 Å². The Labute approximate surface area is 152 Å². The summed E-state index contributed by atoms with van der Waals surface area (Å²) in [6.45, 7) is 0. The van der Waals surface area contributed by atoms with Crippen molar-refractivity contribution >= 4 is 40.6 Å². The van der Waals surface area contributed by atoms with Crippen molar-refractivity contribution in [2.24, 2.45) is 0 Å². The maximum absolute atomic E-state index is 12.8. The summed E-state index contributed by atoms with van der Waals surface area (Å²) < 4.78 is 0. The molecular weight excluding hydrogens is 334 g/mol. The summed E-state index contributed by atoms with van der Waals surface area (Å²) in [5, 5.41) is 3.19. The van der Waals surface area contributed by atoms with E-state index in [0.29, 0.717) is 5.69 Å². The van der Waals surface area contributed by atoms with Gasteiger partial charge in [0.1, 0.15) is 6.04 Å². The smallest absolute Gasteiger partial charge is 0.256 e. The Morgan fingerprint density at radius 3 is 2.40 bits per heavy atom. The average molecular weight is 355 g/mol. The third kappa shape index (κ3) is 3.49. The summed E-state index contributed by atoms with van der Waals surface area (Å²) in [6.07, 6.45) is 2.10. The van der Waals surface area contributed by atoms with Gasteiger partial charge >= 0.3 is 0 Å². The second kappa shape index (κ2) is 7.19. The summed E-state index contributed by atoms with van der Waals surface area (Å²) in [6, 6.07) is 14.7. The van der Waals surface area contributed by atoms with Gasteiger partial charge in [0.2, 0.25) is 5.91 Å². The Morgan fingerprint density at radius 2 is 1.76 bits per heavy atom. The third-order valence-corrected chi connectivity index (χ3v) is 4.98. The molecule has 0 aliphatic carbocycles. The zero-order valence-corrected chi connectivity index (χ0v) is 15.3. The van der Waals surface area contributed by atoms with Crippen LogP contribution in [0.2, 0.25) is 0 Å². The minimum Gasteiger partial charge on any atom is -0.378 e. The minimum atomic E-state index is -0.535. The number of amides is 2. The lowest BCUT2D eigenvalue weighted by molar-refractivity contribution is -0.121. The van der Waals surface area contributed by atoms with E-state index in [4.69, 9.17) is 0 Å². The Kier molecular flexibility index (Phi) is 4.99. The van der Waals surface area contributed by atoms with Gasteiger partial charge in [0.05, 0.1) is 12.1 Å². The number of anilines is 3. The molecule has 0 radical (unpaired) electrons. The van der Waals surface area contributed by atoms with Gasteiger partial charge in [0.15, 0.2) is 0 Å². The minimum absolute atomic E-state index is 0.164. The zero-order valence-electron chi connectivity index (χ0n) is 14.5. The predicted octanol–water partition coefficient (Wildman–Crippen LogP) is 3.22. The number of imide groups is 1. The topological polar surface area (TPSA) is 52.7 Å². The second-order valence-electron chi connectivity index (χ2n) is 6.08. The maximum atomic E-state index is 12.8. The van der Waals surface area contributed by atoms with E-state index < -0.39 is 6.04 Å². The van der Waals surface area contributed by atoms with E-state index in [1.54, 1.807) is 0 Å². The highest BCUT2D eigenvalue weighted by Gasteiger charge is 2.40. The molecule has 1 saturated heterocycles. The van der Waals surface area contributed by atoms with E-state index in [9.17, 15) is 9.59 Å². The third-order valence-electron chi connectivity index (χ3n) is 4.20. The van der Waals surface area contributed by atoms with E-state index in [0.717, 1.165) is 16.3 Å². The highest BCUT2D eigenvalue weighted by atomic mass is 32.2. The summed E-state index contributed by atoms with van der Waals surface area (Å²) in [5.41, 5.74) is 2.57. The van der Waals surface area contributed by atoms with Crippen LogP contribution in [0.25, 0.3) is 0 Å².